The van der Waals surface area contributed by atoms with E-state index in [0.29, 0.717) is 5.02 Å². The van der Waals surface area contributed by atoms with E-state index in [1.54, 1.807) is 24.1 Å². The lowest BCUT2D eigenvalue weighted by Gasteiger charge is -2.25. The van der Waals surface area contributed by atoms with E-state index < -0.39 is 5.92 Å². The second kappa shape index (κ2) is 6.50. The van der Waals surface area contributed by atoms with Crippen LogP contribution in [0, 0.1) is 5.92 Å². The molecule has 0 saturated carbocycles. The van der Waals surface area contributed by atoms with E-state index in [2.05, 4.69) is 10.3 Å². The van der Waals surface area contributed by atoms with Crippen molar-refractivity contribution in [3.05, 3.63) is 65.3 Å². The van der Waals surface area contributed by atoms with E-state index in [4.69, 9.17) is 11.6 Å². The Bertz CT molecular complexity index is 980. The van der Waals surface area contributed by atoms with Crippen LogP contribution in [-0.4, -0.2) is 28.7 Å². The Labute approximate surface area is 155 Å². The van der Waals surface area contributed by atoms with Gasteiger partial charge >= 0.3 is 0 Å². The molecule has 26 heavy (non-hydrogen) atoms. The van der Waals surface area contributed by atoms with Crippen LogP contribution in [0.4, 0.5) is 5.69 Å². The first-order valence-corrected chi connectivity index (χ1v) is 8.80. The topological polar surface area (TPSA) is 65.2 Å². The first-order chi connectivity index (χ1) is 12.5. The SMILES string of the molecule is CN1C(=O)C[C@@H](C(=O)Nc2ccc3[nH]ccc3c2)[C@H]1c1ccc(Cl)cc1. The summed E-state index contributed by atoms with van der Waals surface area (Å²) >= 11 is 5.97. The summed E-state index contributed by atoms with van der Waals surface area (Å²) in [4.78, 5) is 29.9. The average Bonchev–Trinajstić information content (AvgIpc) is 3.20. The number of likely N-dealkylation sites (tertiary alicyclic amines) is 1. The number of aromatic amines is 1. The molecule has 1 saturated heterocycles. The molecule has 1 fully saturated rings. The van der Waals surface area contributed by atoms with E-state index in [9.17, 15) is 9.59 Å². The highest BCUT2D eigenvalue weighted by molar-refractivity contribution is 6.30. The Balaban J connectivity index is 1.60. The van der Waals surface area contributed by atoms with Gasteiger partial charge in [0.15, 0.2) is 0 Å². The Hall–Kier alpha value is -2.79. The number of amides is 2. The molecule has 0 bridgehead atoms. The molecule has 0 spiro atoms. The lowest BCUT2D eigenvalue weighted by Crippen LogP contribution is -2.30. The van der Waals surface area contributed by atoms with Crippen LogP contribution in [0.5, 0.6) is 0 Å². The molecule has 0 aliphatic carbocycles. The van der Waals surface area contributed by atoms with Crippen LogP contribution in [0.1, 0.15) is 18.0 Å². The molecule has 2 heterocycles. The average molecular weight is 368 g/mol. The Morgan fingerprint density at radius 2 is 1.96 bits per heavy atom. The molecule has 0 radical (unpaired) electrons. The van der Waals surface area contributed by atoms with E-state index in [1.807, 2.05) is 42.6 Å². The zero-order chi connectivity index (χ0) is 18.3. The van der Waals surface area contributed by atoms with Gasteiger partial charge in [0.2, 0.25) is 11.8 Å². The molecular weight excluding hydrogens is 350 g/mol. The standard InChI is InChI=1S/C20H18ClN3O2/c1-24-18(25)11-16(19(24)12-2-4-14(21)5-3-12)20(26)23-15-6-7-17-13(10-15)8-9-22-17/h2-10,16,19,22H,11H2,1H3,(H,23,26)/t16-,19-/m1/s1. The molecule has 2 amide bonds. The smallest absolute Gasteiger partial charge is 0.230 e. The van der Waals surface area contributed by atoms with Gasteiger partial charge in [0.1, 0.15) is 0 Å². The number of hydrogen-bond acceptors (Lipinski definition) is 2. The Kier molecular flexibility index (Phi) is 4.17. The number of carbonyl (C=O) groups excluding carboxylic acids is 2. The van der Waals surface area contributed by atoms with Crippen molar-refractivity contribution in [2.75, 3.05) is 12.4 Å². The molecule has 132 valence electrons. The number of H-pyrrole nitrogens is 1. The van der Waals surface area contributed by atoms with Gasteiger partial charge in [0.05, 0.1) is 12.0 Å². The van der Waals surface area contributed by atoms with Crippen molar-refractivity contribution in [3.63, 3.8) is 0 Å². The van der Waals surface area contributed by atoms with E-state index in [-0.39, 0.29) is 24.3 Å². The van der Waals surface area contributed by atoms with Gasteiger partial charge in [0.25, 0.3) is 0 Å². The van der Waals surface area contributed by atoms with Crippen molar-refractivity contribution in [1.29, 1.82) is 0 Å². The molecule has 6 heteroatoms. The van der Waals surface area contributed by atoms with Gasteiger partial charge in [-0.1, -0.05) is 23.7 Å². The monoisotopic (exact) mass is 367 g/mol. The van der Waals surface area contributed by atoms with Gasteiger partial charge in [-0.25, -0.2) is 0 Å². The minimum Gasteiger partial charge on any atom is -0.361 e. The van der Waals surface area contributed by atoms with Gasteiger partial charge in [-0.05, 0) is 42.0 Å². The van der Waals surface area contributed by atoms with Gasteiger partial charge in [-0.3, -0.25) is 9.59 Å². The third-order valence-corrected chi connectivity index (χ3v) is 5.21. The van der Waals surface area contributed by atoms with Crippen LogP contribution in [0.25, 0.3) is 10.9 Å². The van der Waals surface area contributed by atoms with Crippen molar-refractivity contribution in [3.8, 4) is 0 Å². The molecule has 4 rings (SSSR count). The molecule has 2 aromatic carbocycles. The molecular formula is C20H18ClN3O2. The zero-order valence-corrected chi connectivity index (χ0v) is 15.0. The molecule has 0 unspecified atom stereocenters. The largest absolute Gasteiger partial charge is 0.361 e. The lowest BCUT2D eigenvalue weighted by atomic mass is 9.93. The number of nitrogens with zero attached hydrogens (tertiary/aromatic N) is 1. The summed E-state index contributed by atoms with van der Waals surface area (Å²) in [7, 11) is 1.74. The number of carbonyl (C=O) groups is 2. The molecule has 1 aliphatic rings. The van der Waals surface area contributed by atoms with Gasteiger partial charge in [0, 0.05) is 41.3 Å². The summed E-state index contributed by atoms with van der Waals surface area (Å²) in [6, 6.07) is 14.7. The number of benzene rings is 2. The number of aromatic nitrogens is 1. The summed E-state index contributed by atoms with van der Waals surface area (Å²) in [5.74, 6) is -0.640. The van der Waals surface area contributed by atoms with Gasteiger partial charge < -0.3 is 15.2 Å². The fourth-order valence-corrected chi connectivity index (χ4v) is 3.71. The summed E-state index contributed by atoms with van der Waals surface area (Å²) < 4.78 is 0. The van der Waals surface area contributed by atoms with Crippen molar-refractivity contribution in [2.45, 2.75) is 12.5 Å². The van der Waals surface area contributed by atoms with Crippen LogP contribution in [0.2, 0.25) is 5.02 Å². The first kappa shape index (κ1) is 16.7. The fraction of sp³-hybridized carbons (Fsp3) is 0.200. The molecule has 1 aliphatic heterocycles. The molecule has 5 nitrogen and oxygen atoms in total. The van der Waals surface area contributed by atoms with Crippen LogP contribution >= 0.6 is 11.6 Å². The highest BCUT2D eigenvalue weighted by Gasteiger charge is 2.42. The second-order valence-corrected chi connectivity index (χ2v) is 7.02. The zero-order valence-electron chi connectivity index (χ0n) is 14.2. The molecule has 3 aromatic rings. The number of hydrogen-bond donors (Lipinski definition) is 2. The molecule has 1 aromatic heterocycles. The van der Waals surface area contributed by atoms with E-state index in [0.717, 1.165) is 22.2 Å². The number of nitrogens with one attached hydrogen (secondary N) is 2. The van der Waals surface area contributed by atoms with E-state index >= 15 is 0 Å². The van der Waals surface area contributed by atoms with Crippen molar-refractivity contribution >= 4 is 40.0 Å². The normalized spacial score (nSPS) is 19.9. The number of halogens is 1. The molecule has 2 N–H and O–H groups in total. The molecule has 2 atom stereocenters. The first-order valence-electron chi connectivity index (χ1n) is 8.42. The quantitative estimate of drug-likeness (QED) is 0.735. The highest BCUT2D eigenvalue weighted by Crippen LogP contribution is 2.38. The van der Waals surface area contributed by atoms with Crippen LogP contribution in [0.15, 0.2) is 54.7 Å². The van der Waals surface area contributed by atoms with Crippen LogP contribution in [0.3, 0.4) is 0 Å². The summed E-state index contributed by atoms with van der Waals surface area (Å²) in [6.07, 6.45) is 2.06. The number of rotatable bonds is 3. The number of fused-ring (bicyclic) bond motifs is 1. The number of anilines is 1. The summed E-state index contributed by atoms with van der Waals surface area (Å²) in [5.41, 5.74) is 2.64. The predicted octanol–water partition coefficient (Wildman–Crippen LogP) is 3.98. The minimum atomic E-state index is -0.449. The maximum atomic E-state index is 12.9. The van der Waals surface area contributed by atoms with Gasteiger partial charge in [-0.2, -0.15) is 0 Å². The van der Waals surface area contributed by atoms with Crippen molar-refractivity contribution < 1.29 is 9.59 Å². The summed E-state index contributed by atoms with van der Waals surface area (Å²) in [6.45, 7) is 0. The minimum absolute atomic E-state index is 0.0359. The lowest BCUT2D eigenvalue weighted by molar-refractivity contribution is -0.127. The summed E-state index contributed by atoms with van der Waals surface area (Å²) in [5, 5.41) is 4.61. The predicted molar refractivity (Wildman–Crippen MR) is 102 cm³/mol. The second-order valence-electron chi connectivity index (χ2n) is 6.58. The third-order valence-electron chi connectivity index (χ3n) is 4.96. The Morgan fingerprint density at radius 3 is 2.73 bits per heavy atom. The van der Waals surface area contributed by atoms with Crippen LogP contribution in [-0.2, 0) is 9.59 Å². The highest BCUT2D eigenvalue weighted by atomic mass is 35.5. The maximum absolute atomic E-state index is 12.9. The van der Waals surface area contributed by atoms with Gasteiger partial charge in [-0.15, -0.1) is 0 Å². The third kappa shape index (κ3) is 2.95. The van der Waals surface area contributed by atoms with Crippen LogP contribution < -0.4 is 5.32 Å². The maximum Gasteiger partial charge on any atom is 0.230 e. The Morgan fingerprint density at radius 1 is 1.19 bits per heavy atom. The van der Waals surface area contributed by atoms with E-state index in [1.165, 1.54) is 0 Å². The van der Waals surface area contributed by atoms with Crippen molar-refractivity contribution in [1.82, 2.24) is 9.88 Å². The van der Waals surface area contributed by atoms with Crippen molar-refractivity contribution in [2.24, 2.45) is 5.92 Å². The fourth-order valence-electron chi connectivity index (χ4n) is 3.59.